The highest BCUT2D eigenvalue weighted by molar-refractivity contribution is 5.94. The molecule has 0 unspecified atom stereocenters. The number of methoxy groups -OCH3 is 2. The number of hydrogen-bond donors (Lipinski definition) is 2. The summed E-state index contributed by atoms with van der Waals surface area (Å²) in [6.45, 7) is 9.57. The van der Waals surface area contributed by atoms with Crippen LogP contribution in [0.2, 0.25) is 0 Å². The molecule has 1 aromatic heterocycles. The molecule has 0 saturated carbocycles. The number of hydrogen-bond acceptors (Lipinski definition) is 10. The predicted molar refractivity (Wildman–Crippen MR) is 154 cm³/mol. The number of aromatic nitrogens is 1. The van der Waals surface area contributed by atoms with E-state index in [0.717, 1.165) is 5.57 Å². The minimum absolute atomic E-state index is 0.0179. The molecule has 2 bridgehead atoms. The van der Waals surface area contributed by atoms with Crippen LogP contribution in [-0.4, -0.2) is 81.5 Å². The van der Waals surface area contributed by atoms with Gasteiger partial charge in [0.25, 0.3) is 5.91 Å². The molecule has 1 aromatic rings. The number of allylic oxidation sites excluding steroid dienone is 2. The summed E-state index contributed by atoms with van der Waals surface area (Å²) >= 11 is 0. The third-order valence-corrected chi connectivity index (χ3v) is 6.41. The lowest BCUT2D eigenvalue weighted by atomic mass is 9.94. The van der Waals surface area contributed by atoms with Crippen LogP contribution in [0, 0.1) is 11.8 Å². The summed E-state index contributed by atoms with van der Waals surface area (Å²) in [7, 11) is 3.05. The van der Waals surface area contributed by atoms with Crippen molar-refractivity contribution in [3.05, 3.63) is 53.8 Å². The number of carbonyl (C=O) groups excluding carboxylic acids is 3. The van der Waals surface area contributed by atoms with Gasteiger partial charge in [0, 0.05) is 33.1 Å². The number of rotatable bonds is 7. The Hall–Kier alpha value is -3.32. The Balaban J connectivity index is 2.36. The van der Waals surface area contributed by atoms with E-state index < -0.39 is 36.2 Å². The number of cyclic esters (lactones) is 1. The molecule has 0 saturated heterocycles. The van der Waals surface area contributed by atoms with Gasteiger partial charge in [-0.3, -0.25) is 9.59 Å². The second-order valence-electron chi connectivity index (χ2n) is 10.5. The highest BCUT2D eigenvalue weighted by Gasteiger charge is 2.28. The molecule has 0 aliphatic carbocycles. The fourth-order valence-corrected chi connectivity index (χ4v) is 4.25. The van der Waals surface area contributed by atoms with E-state index in [1.54, 1.807) is 6.08 Å². The Morgan fingerprint density at radius 3 is 2.48 bits per heavy atom. The topological polar surface area (TPSA) is 147 Å². The van der Waals surface area contributed by atoms with Crippen molar-refractivity contribution in [1.82, 2.24) is 15.6 Å². The van der Waals surface area contributed by atoms with E-state index in [1.807, 2.05) is 45.9 Å². The van der Waals surface area contributed by atoms with E-state index in [9.17, 15) is 14.4 Å². The quantitative estimate of drug-likeness (QED) is 0.358. The van der Waals surface area contributed by atoms with Crippen molar-refractivity contribution in [3.8, 4) is 0 Å². The number of fused-ring (bicyclic) bond motifs is 2. The van der Waals surface area contributed by atoms with Crippen LogP contribution in [0.15, 0.2) is 46.6 Å². The standard InChI is InChI=1S/C30H45N3O9/c1-19(2)28-21(4)10-11-26(34)31-12-8-9-20(3)13-23(40-17-37-6)14-24(41-18-38-7)15-27-33-25(16-39-27)29(35)32-22(5)30(36)42-28/h8-11,13,16,19,21-24,28H,12,14-15,17-18H2,1-7H3,(H,31,34)(H,32,35)/b9-8+,11-10+,20-13+/t21-,22-,23-,24-,28-/m1/s1. The number of ether oxygens (including phenoxy) is 5. The zero-order valence-corrected chi connectivity index (χ0v) is 25.6. The maximum Gasteiger partial charge on any atom is 0.328 e. The van der Waals surface area contributed by atoms with E-state index in [2.05, 4.69) is 15.6 Å². The van der Waals surface area contributed by atoms with Crippen molar-refractivity contribution in [1.29, 1.82) is 0 Å². The van der Waals surface area contributed by atoms with E-state index in [1.165, 1.54) is 33.5 Å². The largest absolute Gasteiger partial charge is 0.460 e. The van der Waals surface area contributed by atoms with Crippen molar-refractivity contribution in [2.24, 2.45) is 11.8 Å². The van der Waals surface area contributed by atoms with Crippen LogP contribution < -0.4 is 10.6 Å². The first-order valence-electron chi connectivity index (χ1n) is 14.0. The van der Waals surface area contributed by atoms with Gasteiger partial charge in [0.15, 0.2) is 11.6 Å². The van der Waals surface area contributed by atoms with Gasteiger partial charge in [-0.2, -0.15) is 0 Å². The number of nitrogens with zero attached hydrogens (tertiary/aromatic N) is 1. The van der Waals surface area contributed by atoms with Crippen LogP contribution in [0.3, 0.4) is 0 Å². The van der Waals surface area contributed by atoms with Crippen LogP contribution in [0.1, 0.15) is 57.4 Å². The minimum atomic E-state index is -0.946. The zero-order valence-electron chi connectivity index (χ0n) is 25.6. The van der Waals surface area contributed by atoms with Crippen LogP contribution in [0.25, 0.3) is 0 Å². The fraction of sp³-hybridized carbons (Fsp3) is 0.600. The Morgan fingerprint density at radius 2 is 1.79 bits per heavy atom. The number of esters is 1. The lowest BCUT2D eigenvalue weighted by Crippen LogP contribution is -2.42. The Kier molecular flexibility index (Phi) is 15.2. The summed E-state index contributed by atoms with van der Waals surface area (Å²) in [5.74, 6) is -1.46. The molecule has 12 nitrogen and oxygen atoms in total. The molecule has 0 aromatic carbocycles. The Morgan fingerprint density at radius 1 is 1.07 bits per heavy atom. The number of carbonyl (C=O) groups is 3. The first kappa shape index (κ1) is 34.9. The fourth-order valence-electron chi connectivity index (χ4n) is 4.25. The second-order valence-corrected chi connectivity index (χ2v) is 10.5. The van der Waals surface area contributed by atoms with Gasteiger partial charge < -0.3 is 38.7 Å². The number of amides is 2. The molecule has 0 radical (unpaired) electrons. The molecule has 0 spiro atoms. The van der Waals surface area contributed by atoms with E-state index >= 15 is 0 Å². The molecular weight excluding hydrogens is 546 g/mol. The molecular formula is C30H45N3O9. The maximum atomic E-state index is 12.9. The highest BCUT2D eigenvalue weighted by atomic mass is 16.7. The van der Waals surface area contributed by atoms with Crippen molar-refractivity contribution in [2.45, 2.75) is 71.8 Å². The molecule has 2 rings (SSSR count). The van der Waals surface area contributed by atoms with Crippen LogP contribution in [0.5, 0.6) is 0 Å². The van der Waals surface area contributed by atoms with Crippen molar-refractivity contribution < 1.29 is 42.5 Å². The van der Waals surface area contributed by atoms with E-state index in [4.69, 9.17) is 28.1 Å². The lowest BCUT2D eigenvalue weighted by Gasteiger charge is -2.27. The Labute approximate surface area is 247 Å². The monoisotopic (exact) mass is 591 g/mol. The van der Waals surface area contributed by atoms with Crippen LogP contribution >= 0.6 is 0 Å². The van der Waals surface area contributed by atoms with Crippen molar-refractivity contribution >= 4 is 17.8 Å². The van der Waals surface area contributed by atoms with Gasteiger partial charge in [-0.05, 0) is 25.8 Å². The van der Waals surface area contributed by atoms with Gasteiger partial charge in [-0.25, -0.2) is 9.78 Å². The molecule has 234 valence electrons. The summed E-state index contributed by atoms with van der Waals surface area (Å²) in [5.41, 5.74) is 0.925. The first-order chi connectivity index (χ1) is 20.0. The average Bonchev–Trinajstić information content (AvgIpc) is 3.42. The summed E-state index contributed by atoms with van der Waals surface area (Å²) in [5, 5.41) is 5.42. The van der Waals surface area contributed by atoms with Gasteiger partial charge in [0.1, 0.15) is 32.0 Å². The molecule has 1 aliphatic rings. The Bertz CT molecular complexity index is 1100. The van der Waals surface area contributed by atoms with E-state index in [-0.39, 0.29) is 49.3 Å². The molecule has 1 aliphatic heterocycles. The molecule has 42 heavy (non-hydrogen) atoms. The average molecular weight is 592 g/mol. The van der Waals surface area contributed by atoms with Crippen molar-refractivity contribution in [2.75, 3.05) is 34.4 Å². The number of nitrogens with one attached hydrogen (secondary N) is 2. The second kappa shape index (κ2) is 18.3. The van der Waals surface area contributed by atoms with Gasteiger partial charge in [0.2, 0.25) is 5.91 Å². The summed E-state index contributed by atoms with van der Waals surface area (Å²) < 4.78 is 33.2. The SMILES string of the molecule is COCO[C@H]1Cc2nc(co2)C(=O)N[C@H](C)C(=O)O[C@H](C(C)C)[C@H](C)/C=C/C(=O)NC/C=C/C(C)=C/[C@@H](OCOC)C1. The van der Waals surface area contributed by atoms with Gasteiger partial charge in [-0.1, -0.05) is 50.6 Å². The zero-order chi connectivity index (χ0) is 31.1. The normalized spacial score (nSPS) is 28.2. The molecule has 2 N–H and O–H groups in total. The molecule has 2 amide bonds. The maximum absolute atomic E-state index is 12.9. The summed E-state index contributed by atoms with van der Waals surface area (Å²) in [6, 6.07) is -0.946. The molecule has 0 fully saturated rings. The number of oxazole rings is 1. The van der Waals surface area contributed by atoms with Gasteiger partial charge >= 0.3 is 5.97 Å². The van der Waals surface area contributed by atoms with E-state index in [0.29, 0.717) is 13.0 Å². The van der Waals surface area contributed by atoms with Crippen LogP contribution in [0.4, 0.5) is 0 Å². The van der Waals surface area contributed by atoms with Gasteiger partial charge in [0.05, 0.1) is 18.6 Å². The molecule has 5 atom stereocenters. The summed E-state index contributed by atoms with van der Waals surface area (Å²) in [6.07, 6.45) is 9.31. The third kappa shape index (κ3) is 12.3. The molecule has 2 heterocycles. The van der Waals surface area contributed by atoms with Crippen molar-refractivity contribution in [3.63, 3.8) is 0 Å². The smallest absolute Gasteiger partial charge is 0.328 e. The third-order valence-electron chi connectivity index (χ3n) is 6.41. The van der Waals surface area contributed by atoms with Crippen LogP contribution in [-0.2, 0) is 39.7 Å². The predicted octanol–water partition coefficient (Wildman–Crippen LogP) is 3.10. The minimum Gasteiger partial charge on any atom is -0.460 e. The lowest BCUT2D eigenvalue weighted by molar-refractivity contribution is -0.155. The highest BCUT2D eigenvalue weighted by Crippen LogP contribution is 2.20. The van der Waals surface area contributed by atoms with Gasteiger partial charge in [-0.15, -0.1) is 0 Å². The summed E-state index contributed by atoms with van der Waals surface area (Å²) in [4.78, 5) is 42.4. The molecule has 12 heteroatoms. The first-order valence-corrected chi connectivity index (χ1v) is 14.0.